The van der Waals surface area contributed by atoms with Gasteiger partial charge in [0, 0.05) is 0 Å². The van der Waals surface area contributed by atoms with Gasteiger partial charge in [-0.25, -0.2) is 0 Å². The Morgan fingerprint density at radius 2 is 2.00 bits per heavy atom. The standard InChI is InChI=1S/CH2O2Si/c2-1(3)4/h4H,(H,2,3). The van der Waals surface area contributed by atoms with E-state index in [0.717, 1.165) is 0 Å². The molecule has 0 heterocycles. The van der Waals surface area contributed by atoms with Crippen LogP contribution in [0.25, 0.3) is 0 Å². The molecule has 2 radical (unpaired) electrons. The van der Waals surface area contributed by atoms with E-state index in [1.165, 1.54) is 0 Å². The van der Waals surface area contributed by atoms with Crippen molar-refractivity contribution in [2.24, 2.45) is 0 Å². The number of hydrogen-bond donors (Lipinski definition) is 1. The molecule has 1 N–H and O–H groups in total. The lowest BCUT2D eigenvalue weighted by Gasteiger charge is -1.59. The minimum absolute atomic E-state index is 0.917. The molecule has 0 aromatic rings. The van der Waals surface area contributed by atoms with E-state index in [0.29, 0.717) is 0 Å². The van der Waals surface area contributed by atoms with Gasteiger partial charge in [-0.2, -0.15) is 0 Å². The highest BCUT2D eigenvalue weighted by Crippen LogP contribution is 1.41. The van der Waals surface area contributed by atoms with Crippen molar-refractivity contribution in [2.75, 3.05) is 0 Å². The minimum atomic E-state index is -0.917. The van der Waals surface area contributed by atoms with Crippen molar-refractivity contribution in [3.63, 3.8) is 0 Å². The Balaban J connectivity index is 2.80. The number of hydrogen-bond acceptors (Lipinski definition) is 1. The van der Waals surface area contributed by atoms with Crippen molar-refractivity contribution in [1.82, 2.24) is 0 Å². The molecular weight excluding hydrogens is 72.1 g/mol. The molecule has 0 bridgehead atoms. The van der Waals surface area contributed by atoms with Gasteiger partial charge < -0.3 is 5.11 Å². The average Bonchev–Trinajstić information content (AvgIpc) is 0.811. The van der Waals surface area contributed by atoms with E-state index in [9.17, 15) is 0 Å². The largest absolute Gasteiger partial charge is 0.486 e. The van der Waals surface area contributed by atoms with E-state index >= 15 is 0 Å². The number of carboxylic acid groups (broad SMARTS) is 1. The summed E-state index contributed by atoms with van der Waals surface area (Å²) in [5.74, 6) is 0. The molecule has 0 aromatic carbocycles. The highest BCUT2D eigenvalue weighted by molar-refractivity contribution is 6.54. The smallest absolute Gasteiger partial charge is 0.260 e. The molecule has 0 aromatic heterocycles. The fourth-order valence-corrected chi connectivity index (χ4v) is 0. The molecule has 0 saturated heterocycles. The molecule has 3 heteroatoms. The summed E-state index contributed by atoms with van der Waals surface area (Å²) in [5, 5.41) is 7.38. The summed E-state index contributed by atoms with van der Waals surface area (Å²) in [6, 6.07) is 0. The van der Waals surface area contributed by atoms with Gasteiger partial charge in [-0.15, -0.1) is 0 Å². The quantitative estimate of drug-likeness (QED) is 0.396. The van der Waals surface area contributed by atoms with Crippen LogP contribution in [0.3, 0.4) is 0 Å². The third-order valence-electron chi connectivity index (χ3n) is 0. The first kappa shape index (κ1) is 3.69. The highest BCUT2D eigenvalue weighted by Gasteiger charge is 1.66. The van der Waals surface area contributed by atoms with E-state index in [1.807, 2.05) is 0 Å². The molecule has 0 aliphatic heterocycles. The monoisotopic (exact) mass is 74.0 g/mol. The SMILES string of the molecule is O=C(O)[SiH]. The van der Waals surface area contributed by atoms with Crippen molar-refractivity contribution in [3.8, 4) is 0 Å². The molecule has 0 spiro atoms. The number of rotatable bonds is 0. The van der Waals surface area contributed by atoms with Crippen molar-refractivity contribution in [1.29, 1.82) is 0 Å². The molecular formula is CH2O2Si. The summed E-state index contributed by atoms with van der Waals surface area (Å²) in [4.78, 5) is 8.96. The van der Waals surface area contributed by atoms with Crippen molar-refractivity contribution >= 4 is 15.8 Å². The molecule has 2 nitrogen and oxygen atoms in total. The molecule has 0 rings (SSSR count). The predicted octanol–water partition coefficient (Wildman–Crippen LogP) is -0.435. The Hall–Kier alpha value is -0.313. The van der Waals surface area contributed by atoms with Gasteiger partial charge in [0.05, 0.1) is 0 Å². The van der Waals surface area contributed by atoms with Crippen LogP contribution in [-0.2, 0) is 0 Å². The summed E-state index contributed by atoms with van der Waals surface area (Å²) < 4.78 is 0. The lowest BCUT2D eigenvalue weighted by atomic mass is 11.6. The van der Waals surface area contributed by atoms with Gasteiger partial charge in [-0.05, 0) is 0 Å². The molecule has 0 aliphatic carbocycles. The maximum absolute atomic E-state index is 8.96. The van der Waals surface area contributed by atoms with Gasteiger partial charge in [0.25, 0.3) is 5.59 Å². The molecule has 0 saturated carbocycles. The molecule has 0 fully saturated rings. The molecule has 0 aliphatic rings. The van der Waals surface area contributed by atoms with Crippen LogP contribution >= 0.6 is 0 Å². The molecule has 4 heavy (non-hydrogen) atoms. The van der Waals surface area contributed by atoms with Crippen LogP contribution in [0.15, 0.2) is 0 Å². The van der Waals surface area contributed by atoms with Crippen LogP contribution in [-0.4, -0.2) is 20.9 Å². The van der Waals surface area contributed by atoms with E-state index in [-0.39, 0.29) is 0 Å². The molecule has 0 unspecified atom stereocenters. The van der Waals surface area contributed by atoms with Gasteiger partial charge in [-0.1, -0.05) is 0 Å². The second-order valence-corrected chi connectivity index (χ2v) is 0.832. The topological polar surface area (TPSA) is 37.3 Å². The average molecular weight is 74.1 g/mol. The van der Waals surface area contributed by atoms with Crippen LogP contribution in [0.1, 0.15) is 0 Å². The van der Waals surface area contributed by atoms with Gasteiger partial charge in [-0.3, -0.25) is 4.79 Å². The van der Waals surface area contributed by atoms with Crippen LogP contribution < -0.4 is 0 Å². The zero-order valence-electron chi connectivity index (χ0n) is 1.93. The normalized spacial score (nSPS) is 6.25. The second kappa shape index (κ2) is 1.06. The fourth-order valence-electron chi connectivity index (χ4n) is 0. The Kier molecular flexibility index (Phi) is 0.976. The van der Waals surface area contributed by atoms with Crippen LogP contribution in [0.2, 0.25) is 0 Å². The maximum atomic E-state index is 8.96. The van der Waals surface area contributed by atoms with Crippen LogP contribution in [0.5, 0.6) is 0 Å². The molecule has 0 amide bonds. The van der Waals surface area contributed by atoms with Crippen molar-refractivity contribution in [2.45, 2.75) is 0 Å². The first-order chi connectivity index (χ1) is 1.73. The predicted molar refractivity (Wildman–Crippen MR) is 15.2 cm³/mol. The van der Waals surface area contributed by atoms with E-state index in [2.05, 4.69) is 0 Å². The number of carbonyl (C=O) groups is 1. The Labute approximate surface area is 26.9 Å². The van der Waals surface area contributed by atoms with Gasteiger partial charge in [0.1, 0.15) is 0 Å². The summed E-state index contributed by atoms with van der Waals surface area (Å²) in [6.07, 6.45) is 0. The van der Waals surface area contributed by atoms with Gasteiger partial charge in [0.15, 0.2) is 10.2 Å². The fraction of sp³-hybridized carbons (Fsp3) is 0. The van der Waals surface area contributed by atoms with Crippen molar-refractivity contribution < 1.29 is 9.90 Å². The molecule has 0 atom stereocenters. The van der Waals surface area contributed by atoms with E-state index < -0.39 is 5.59 Å². The van der Waals surface area contributed by atoms with Gasteiger partial charge in [0.2, 0.25) is 0 Å². The van der Waals surface area contributed by atoms with Crippen LogP contribution in [0, 0.1) is 0 Å². The van der Waals surface area contributed by atoms with E-state index in [4.69, 9.17) is 9.90 Å². The Bertz CT molecular complexity index is 29.0. The van der Waals surface area contributed by atoms with E-state index in [1.54, 1.807) is 10.2 Å². The third kappa shape index (κ3) is 8.12. The first-order valence-electron chi connectivity index (χ1n) is 0.716. The Morgan fingerprint density at radius 1 is 2.00 bits per heavy atom. The van der Waals surface area contributed by atoms with Gasteiger partial charge >= 0.3 is 0 Å². The molecule has 22 valence electrons. The Morgan fingerprint density at radius 3 is 2.00 bits per heavy atom. The zero-order chi connectivity index (χ0) is 3.58. The lowest BCUT2D eigenvalue weighted by molar-refractivity contribution is 0.220. The van der Waals surface area contributed by atoms with Crippen LogP contribution in [0.4, 0.5) is 4.79 Å². The highest BCUT2D eigenvalue weighted by atomic mass is 28.1. The van der Waals surface area contributed by atoms with Crippen molar-refractivity contribution in [3.05, 3.63) is 0 Å². The summed E-state index contributed by atoms with van der Waals surface area (Å²) in [6.45, 7) is 0. The third-order valence-corrected chi connectivity index (χ3v) is 0. The lowest BCUT2D eigenvalue weighted by Crippen LogP contribution is -1.83. The second-order valence-electron chi connectivity index (χ2n) is 0.338. The first-order valence-corrected chi connectivity index (χ1v) is 1.29. The summed E-state index contributed by atoms with van der Waals surface area (Å²) >= 11 is 0. The summed E-state index contributed by atoms with van der Waals surface area (Å²) in [7, 11) is 1.57. The minimum Gasteiger partial charge on any atom is -0.486 e. The zero-order valence-corrected chi connectivity index (χ0v) is 3.09. The maximum Gasteiger partial charge on any atom is 0.260 e. The summed E-state index contributed by atoms with van der Waals surface area (Å²) in [5.41, 5.74) is -0.917.